The Labute approximate surface area is 92.3 Å². The molecule has 0 aliphatic rings. The molecule has 2 heterocycles. The van der Waals surface area contributed by atoms with Gasteiger partial charge in [-0.2, -0.15) is 5.10 Å². The molecule has 0 aliphatic carbocycles. The third-order valence-corrected chi connectivity index (χ3v) is 2.36. The molecule has 0 saturated carbocycles. The van der Waals surface area contributed by atoms with Gasteiger partial charge in [-0.15, -0.1) is 0 Å². The van der Waals surface area contributed by atoms with Gasteiger partial charge in [-0.1, -0.05) is 18.2 Å². The first-order valence-electron chi connectivity index (χ1n) is 5.04. The molecule has 0 bridgehead atoms. The van der Waals surface area contributed by atoms with E-state index in [0.717, 1.165) is 22.5 Å². The van der Waals surface area contributed by atoms with Crippen LogP contribution in [0, 0.1) is 0 Å². The van der Waals surface area contributed by atoms with Crippen molar-refractivity contribution >= 4 is 22.5 Å². The number of anilines is 2. The van der Waals surface area contributed by atoms with Crippen LogP contribution in [-0.4, -0.2) is 15.2 Å². The van der Waals surface area contributed by atoms with Gasteiger partial charge < -0.3 is 5.32 Å². The molecule has 0 saturated heterocycles. The van der Waals surface area contributed by atoms with E-state index in [9.17, 15) is 0 Å². The molecule has 0 fully saturated rings. The summed E-state index contributed by atoms with van der Waals surface area (Å²) in [6.45, 7) is 0. The Morgan fingerprint density at radius 2 is 1.94 bits per heavy atom. The Morgan fingerprint density at radius 1 is 1.00 bits per heavy atom. The molecule has 3 aromatic rings. The van der Waals surface area contributed by atoms with Crippen LogP contribution in [-0.2, 0) is 0 Å². The minimum Gasteiger partial charge on any atom is -0.325 e. The highest BCUT2D eigenvalue weighted by Gasteiger charge is 1.98. The summed E-state index contributed by atoms with van der Waals surface area (Å²) >= 11 is 0. The fourth-order valence-electron chi connectivity index (χ4n) is 1.60. The summed E-state index contributed by atoms with van der Waals surface area (Å²) in [6, 6.07) is 13.9. The zero-order chi connectivity index (χ0) is 10.8. The van der Waals surface area contributed by atoms with Gasteiger partial charge in [-0.25, -0.2) is 4.98 Å². The molecule has 78 valence electrons. The number of rotatable bonds is 2. The highest BCUT2D eigenvalue weighted by molar-refractivity contribution is 5.80. The minimum absolute atomic E-state index is 0.808. The Bertz CT molecular complexity index is 601. The average Bonchev–Trinajstić information content (AvgIpc) is 2.82. The molecule has 0 radical (unpaired) electrons. The molecule has 0 unspecified atom stereocenters. The van der Waals surface area contributed by atoms with Gasteiger partial charge in [0.05, 0.1) is 11.7 Å². The lowest BCUT2D eigenvalue weighted by atomic mass is 10.2. The summed E-state index contributed by atoms with van der Waals surface area (Å²) in [4.78, 5) is 4.49. The zero-order valence-corrected chi connectivity index (χ0v) is 8.51. The second kappa shape index (κ2) is 3.66. The second-order valence-electron chi connectivity index (χ2n) is 3.48. The lowest BCUT2D eigenvalue weighted by molar-refractivity contribution is 1.09. The minimum atomic E-state index is 0.808. The first-order chi connectivity index (χ1) is 7.92. The predicted octanol–water partition coefficient (Wildman–Crippen LogP) is 2.70. The standard InChI is InChI=1S/C12H10N4/c1-2-4-10-9(3-1)5-6-11(14-10)15-12-7-8-13-16-12/h1-8H,(H2,13,14,15,16). The maximum absolute atomic E-state index is 4.49. The van der Waals surface area contributed by atoms with Gasteiger partial charge in [0.2, 0.25) is 0 Å². The van der Waals surface area contributed by atoms with Crippen LogP contribution in [0.1, 0.15) is 0 Å². The molecule has 2 aromatic heterocycles. The van der Waals surface area contributed by atoms with Crippen LogP contribution in [0.5, 0.6) is 0 Å². The largest absolute Gasteiger partial charge is 0.325 e. The molecule has 0 spiro atoms. The number of H-pyrrole nitrogens is 1. The number of aromatic nitrogens is 3. The molecule has 3 rings (SSSR count). The van der Waals surface area contributed by atoms with Gasteiger partial charge in [0.1, 0.15) is 11.6 Å². The van der Waals surface area contributed by atoms with E-state index in [2.05, 4.69) is 20.5 Å². The zero-order valence-electron chi connectivity index (χ0n) is 8.51. The number of pyridine rings is 1. The third kappa shape index (κ3) is 1.61. The summed E-state index contributed by atoms with van der Waals surface area (Å²) < 4.78 is 0. The Balaban J connectivity index is 1.99. The average molecular weight is 210 g/mol. The maximum Gasteiger partial charge on any atom is 0.132 e. The summed E-state index contributed by atoms with van der Waals surface area (Å²) in [7, 11) is 0. The topological polar surface area (TPSA) is 53.6 Å². The molecule has 4 heteroatoms. The fraction of sp³-hybridized carbons (Fsp3) is 0. The van der Waals surface area contributed by atoms with E-state index in [-0.39, 0.29) is 0 Å². The van der Waals surface area contributed by atoms with Gasteiger partial charge in [0.15, 0.2) is 0 Å². The SMILES string of the molecule is c1ccc2nc(Nc3ccn[nH]3)ccc2c1. The van der Waals surface area contributed by atoms with Gasteiger partial charge in [0, 0.05) is 11.5 Å². The van der Waals surface area contributed by atoms with Crippen LogP contribution in [0.15, 0.2) is 48.7 Å². The molecule has 2 N–H and O–H groups in total. The fourth-order valence-corrected chi connectivity index (χ4v) is 1.60. The first kappa shape index (κ1) is 8.91. The number of nitrogens with one attached hydrogen (secondary N) is 2. The van der Waals surface area contributed by atoms with E-state index in [1.165, 1.54) is 0 Å². The van der Waals surface area contributed by atoms with Gasteiger partial charge >= 0.3 is 0 Å². The summed E-state index contributed by atoms with van der Waals surface area (Å²) in [5, 5.41) is 11.0. The maximum atomic E-state index is 4.49. The van der Waals surface area contributed by atoms with Crippen LogP contribution < -0.4 is 5.32 Å². The van der Waals surface area contributed by atoms with E-state index >= 15 is 0 Å². The van der Waals surface area contributed by atoms with Crippen molar-refractivity contribution in [1.29, 1.82) is 0 Å². The quantitative estimate of drug-likeness (QED) is 0.683. The Kier molecular flexibility index (Phi) is 2.04. The summed E-state index contributed by atoms with van der Waals surface area (Å²) in [5.74, 6) is 1.64. The van der Waals surface area contributed by atoms with Crippen LogP contribution in [0.2, 0.25) is 0 Å². The lowest BCUT2D eigenvalue weighted by Gasteiger charge is -2.03. The van der Waals surface area contributed by atoms with Crippen molar-refractivity contribution in [3.05, 3.63) is 48.7 Å². The summed E-state index contributed by atoms with van der Waals surface area (Å²) in [5.41, 5.74) is 0.979. The van der Waals surface area contributed by atoms with Gasteiger partial charge in [-0.05, 0) is 18.2 Å². The van der Waals surface area contributed by atoms with Crippen molar-refractivity contribution in [2.45, 2.75) is 0 Å². The van der Waals surface area contributed by atoms with Crippen molar-refractivity contribution in [2.24, 2.45) is 0 Å². The number of fused-ring (bicyclic) bond motifs is 1. The molecular weight excluding hydrogens is 200 g/mol. The van der Waals surface area contributed by atoms with Crippen LogP contribution >= 0.6 is 0 Å². The van der Waals surface area contributed by atoms with Crippen molar-refractivity contribution in [2.75, 3.05) is 5.32 Å². The molecular formula is C12H10N4. The number of para-hydroxylation sites is 1. The van der Waals surface area contributed by atoms with E-state index in [1.54, 1.807) is 6.20 Å². The Hall–Kier alpha value is -2.36. The van der Waals surface area contributed by atoms with Crippen molar-refractivity contribution < 1.29 is 0 Å². The Morgan fingerprint density at radius 3 is 2.81 bits per heavy atom. The number of aromatic amines is 1. The van der Waals surface area contributed by atoms with E-state index < -0.39 is 0 Å². The normalized spacial score (nSPS) is 10.5. The van der Waals surface area contributed by atoms with Gasteiger partial charge in [-0.3, -0.25) is 5.10 Å². The van der Waals surface area contributed by atoms with Crippen LogP contribution in [0.25, 0.3) is 10.9 Å². The first-order valence-corrected chi connectivity index (χ1v) is 5.04. The van der Waals surface area contributed by atoms with Crippen LogP contribution in [0.3, 0.4) is 0 Å². The number of hydrogen-bond donors (Lipinski definition) is 2. The van der Waals surface area contributed by atoms with Gasteiger partial charge in [0.25, 0.3) is 0 Å². The second-order valence-corrected chi connectivity index (χ2v) is 3.48. The smallest absolute Gasteiger partial charge is 0.132 e. The molecule has 0 atom stereocenters. The van der Waals surface area contributed by atoms with E-state index in [1.807, 2.05) is 42.5 Å². The molecule has 1 aromatic carbocycles. The predicted molar refractivity (Wildman–Crippen MR) is 63.6 cm³/mol. The monoisotopic (exact) mass is 210 g/mol. The van der Waals surface area contributed by atoms with Crippen molar-refractivity contribution in [1.82, 2.24) is 15.2 Å². The summed E-state index contributed by atoms with van der Waals surface area (Å²) in [6.07, 6.45) is 1.70. The van der Waals surface area contributed by atoms with E-state index in [4.69, 9.17) is 0 Å². The highest BCUT2D eigenvalue weighted by atomic mass is 15.2. The van der Waals surface area contributed by atoms with Crippen molar-refractivity contribution in [3.8, 4) is 0 Å². The molecule has 0 amide bonds. The van der Waals surface area contributed by atoms with Crippen LogP contribution in [0.4, 0.5) is 11.6 Å². The number of benzene rings is 1. The number of hydrogen-bond acceptors (Lipinski definition) is 3. The molecule has 4 nitrogen and oxygen atoms in total. The lowest BCUT2D eigenvalue weighted by Crippen LogP contribution is -1.93. The van der Waals surface area contributed by atoms with Crippen molar-refractivity contribution in [3.63, 3.8) is 0 Å². The molecule has 16 heavy (non-hydrogen) atoms. The third-order valence-electron chi connectivity index (χ3n) is 2.36. The highest BCUT2D eigenvalue weighted by Crippen LogP contribution is 2.16. The molecule has 0 aliphatic heterocycles. The van der Waals surface area contributed by atoms with E-state index in [0.29, 0.717) is 0 Å². The number of nitrogens with zero attached hydrogens (tertiary/aromatic N) is 2.